The zero-order chi connectivity index (χ0) is 27.0. The summed E-state index contributed by atoms with van der Waals surface area (Å²) in [5.74, 6) is -0.0367. The van der Waals surface area contributed by atoms with E-state index in [9.17, 15) is 9.59 Å². The third-order valence-electron chi connectivity index (χ3n) is 7.27. The highest BCUT2D eigenvalue weighted by Gasteiger charge is 2.72. The van der Waals surface area contributed by atoms with Gasteiger partial charge in [-0.2, -0.15) is 0 Å². The molecule has 6 atom stereocenters. The van der Waals surface area contributed by atoms with Gasteiger partial charge in [0.1, 0.15) is 29.0 Å². The van der Waals surface area contributed by atoms with E-state index >= 15 is 0 Å². The number of rotatable bonds is 7. The molecule has 1 aromatic rings. The summed E-state index contributed by atoms with van der Waals surface area (Å²) >= 11 is 0. The molecule has 4 rings (SSSR count). The predicted octanol–water partition coefficient (Wildman–Crippen LogP) is 5.66. The first-order chi connectivity index (χ1) is 17.3. The van der Waals surface area contributed by atoms with Crippen molar-refractivity contribution >= 4 is 23.6 Å². The second-order valence-electron chi connectivity index (χ2n) is 11.7. The molecule has 2 aliphatic heterocycles. The lowest BCUT2D eigenvalue weighted by Gasteiger charge is -2.42. The second-order valence-corrected chi connectivity index (χ2v) is 11.7. The number of allylic oxidation sites excluding steroid dienone is 1. The number of anilines is 2. The van der Waals surface area contributed by atoms with Crippen molar-refractivity contribution in [1.82, 2.24) is 0 Å². The Balaban J connectivity index is 1.36. The van der Waals surface area contributed by atoms with Crippen LogP contribution in [-0.4, -0.2) is 61.0 Å². The number of carbonyl (C=O) groups excluding carboxylic acids is 2. The standard InChI is InChI=1S/C28H40N2O7/c1-17(2)8-13-21-27(6,36-21)23-22(33-7)20(14-15-28(23)16-34-28)35-24(31)29-18-9-11-19(12-10-18)30-25(32)37-26(3,4)5/h8-12,20-23H,13-16H2,1-7H3,(H,29,31)(H,30,32)/t20-,21?,22-,23-,27+,28+/m1/s1. The summed E-state index contributed by atoms with van der Waals surface area (Å²) in [5, 5.41) is 5.44. The number of benzene rings is 1. The number of hydrogen-bond acceptors (Lipinski definition) is 7. The van der Waals surface area contributed by atoms with Gasteiger partial charge in [-0.25, -0.2) is 9.59 Å². The predicted molar refractivity (Wildman–Crippen MR) is 140 cm³/mol. The van der Waals surface area contributed by atoms with Crippen molar-refractivity contribution in [1.29, 1.82) is 0 Å². The van der Waals surface area contributed by atoms with Gasteiger partial charge in [-0.3, -0.25) is 10.6 Å². The van der Waals surface area contributed by atoms with Crippen molar-refractivity contribution in [2.45, 2.75) is 95.9 Å². The van der Waals surface area contributed by atoms with Gasteiger partial charge in [0, 0.05) is 18.5 Å². The third-order valence-corrected chi connectivity index (χ3v) is 7.27. The van der Waals surface area contributed by atoms with Crippen molar-refractivity contribution in [2.75, 3.05) is 24.4 Å². The van der Waals surface area contributed by atoms with E-state index < -0.39 is 29.5 Å². The lowest BCUT2D eigenvalue weighted by atomic mass is 9.68. The Bertz CT molecular complexity index is 1020. The summed E-state index contributed by atoms with van der Waals surface area (Å²) in [6.45, 7) is 12.3. The minimum atomic E-state index is -0.589. The summed E-state index contributed by atoms with van der Waals surface area (Å²) in [7, 11) is 1.65. The van der Waals surface area contributed by atoms with Gasteiger partial charge in [0.05, 0.1) is 18.6 Å². The van der Waals surface area contributed by atoms with Gasteiger partial charge in [-0.15, -0.1) is 0 Å². The molecule has 0 bridgehead atoms. The van der Waals surface area contributed by atoms with Crippen LogP contribution in [0.3, 0.4) is 0 Å². The minimum absolute atomic E-state index is 0.0367. The van der Waals surface area contributed by atoms with Crippen LogP contribution >= 0.6 is 0 Å². The first-order valence-electron chi connectivity index (χ1n) is 12.9. The van der Waals surface area contributed by atoms with Gasteiger partial charge in [-0.05, 0) is 85.1 Å². The number of ether oxygens (including phenoxy) is 5. The fourth-order valence-electron chi connectivity index (χ4n) is 5.41. The molecule has 1 unspecified atom stereocenters. The summed E-state index contributed by atoms with van der Waals surface area (Å²) in [5.41, 5.74) is 1.10. The molecule has 9 nitrogen and oxygen atoms in total. The Kier molecular flexibility index (Phi) is 7.61. The molecule has 1 saturated carbocycles. The molecule has 3 fully saturated rings. The quantitative estimate of drug-likeness (QED) is 0.355. The SMILES string of the molecule is CO[C@@H]1[C@H](OC(=O)Nc2ccc(NC(=O)OC(C)(C)C)cc2)CC[C@]2(CO2)[C@H]1[C@@]1(C)OC1CC=C(C)C. The van der Waals surface area contributed by atoms with Crippen molar-refractivity contribution in [2.24, 2.45) is 5.92 Å². The van der Waals surface area contributed by atoms with Gasteiger partial charge in [0.15, 0.2) is 0 Å². The molecular formula is C28H40N2O7. The Labute approximate surface area is 219 Å². The van der Waals surface area contributed by atoms with Crippen LogP contribution in [0.5, 0.6) is 0 Å². The molecule has 2 saturated heterocycles. The van der Waals surface area contributed by atoms with Crippen LogP contribution in [-0.2, 0) is 23.7 Å². The number of nitrogens with one attached hydrogen (secondary N) is 2. The van der Waals surface area contributed by atoms with Gasteiger partial charge >= 0.3 is 12.2 Å². The van der Waals surface area contributed by atoms with Crippen molar-refractivity contribution in [3.63, 3.8) is 0 Å². The number of amides is 2. The van der Waals surface area contributed by atoms with Crippen molar-refractivity contribution < 1.29 is 33.3 Å². The first-order valence-corrected chi connectivity index (χ1v) is 12.9. The molecular weight excluding hydrogens is 476 g/mol. The molecule has 1 aromatic carbocycles. The zero-order valence-corrected chi connectivity index (χ0v) is 22.9. The maximum atomic E-state index is 12.8. The molecule has 1 spiro atoms. The van der Waals surface area contributed by atoms with E-state index in [0.29, 0.717) is 24.4 Å². The van der Waals surface area contributed by atoms with Crippen LogP contribution in [0.1, 0.15) is 60.8 Å². The molecule has 2 heterocycles. The molecule has 2 amide bonds. The molecule has 1 aliphatic carbocycles. The topological polar surface area (TPSA) is 111 Å². The smallest absolute Gasteiger partial charge is 0.412 e. The lowest BCUT2D eigenvalue weighted by Crippen LogP contribution is -2.55. The summed E-state index contributed by atoms with van der Waals surface area (Å²) < 4.78 is 29.2. The number of hydrogen-bond donors (Lipinski definition) is 2. The van der Waals surface area contributed by atoms with Crippen LogP contribution in [0.15, 0.2) is 35.9 Å². The molecule has 0 aromatic heterocycles. The highest BCUT2D eigenvalue weighted by atomic mass is 16.6. The normalized spacial score (nSPS) is 32.3. The van der Waals surface area contributed by atoms with E-state index in [2.05, 4.69) is 37.5 Å². The van der Waals surface area contributed by atoms with Crippen molar-refractivity contribution in [3.8, 4) is 0 Å². The van der Waals surface area contributed by atoms with Crippen molar-refractivity contribution in [3.05, 3.63) is 35.9 Å². The van der Waals surface area contributed by atoms with E-state index in [1.807, 2.05) is 0 Å². The molecule has 3 aliphatic rings. The van der Waals surface area contributed by atoms with Crippen LogP contribution < -0.4 is 10.6 Å². The monoisotopic (exact) mass is 516 g/mol. The van der Waals surface area contributed by atoms with Gasteiger partial charge in [0.2, 0.25) is 0 Å². The summed E-state index contributed by atoms with van der Waals surface area (Å²) in [6.07, 6.45) is 2.68. The second kappa shape index (κ2) is 10.3. The fourth-order valence-corrected chi connectivity index (χ4v) is 5.41. The first kappa shape index (κ1) is 27.4. The molecule has 9 heteroatoms. The van der Waals surface area contributed by atoms with E-state index in [1.54, 1.807) is 52.1 Å². The number of epoxide rings is 2. The average molecular weight is 517 g/mol. The van der Waals surface area contributed by atoms with Crippen LogP contribution in [0, 0.1) is 5.92 Å². The van der Waals surface area contributed by atoms with E-state index in [4.69, 9.17) is 23.7 Å². The summed E-state index contributed by atoms with van der Waals surface area (Å²) in [6, 6.07) is 6.73. The Morgan fingerprint density at radius 1 is 1.11 bits per heavy atom. The average Bonchev–Trinajstić information content (AvgIpc) is 3.71. The highest BCUT2D eigenvalue weighted by molar-refractivity contribution is 5.87. The Hall–Kier alpha value is -2.62. The molecule has 37 heavy (non-hydrogen) atoms. The lowest BCUT2D eigenvalue weighted by molar-refractivity contribution is -0.116. The molecule has 0 radical (unpaired) electrons. The minimum Gasteiger partial charge on any atom is -0.444 e. The van der Waals surface area contributed by atoms with Gasteiger partial charge in [0.25, 0.3) is 0 Å². The molecule has 204 valence electrons. The maximum absolute atomic E-state index is 12.8. The molecule has 2 N–H and O–H groups in total. The Morgan fingerprint density at radius 3 is 2.22 bits per heavy atom. The van der Waals surface area contributed by atoms with E-state index in [1.165, 1.54) is 5.57 Å². The van der Waals surface area contributed by atoms with E-state index in [-0.39, 0.29) is 23.7 Å². The van der Waals surface area contributed by atoms with Crippen LogP contribution in [0.25, 0.3) is 0 Å². The fraction of sp³-hybridized carbons (Fsp3) is 0.643. The van der Waals surface area contributed by atoms with Crippen LogP contribution in [0.2, 0.25) is 0 Å². The van der Waals surface area contributed by atoms with Crippen LogP contribution in [0.4, 0.5) is 21.0 Å². The Morgan fingerprint density at radius 2 is 1.70 bits per heavy atom. The highest BCUT2D eigenvalue weighted by Crippen LogP contribution is 2.59. The van der Waals surface area contributed by atoms with Gasteiger partial charge < -0.3 is 23.7 Å². The van der Waals surface area contributed by atoms with E-state index in [0.717, 1.165) is 12.8 Å². The number of carbonyl (C=O) groups is 2. The third kappa shape index (κ3) is 6.45. The largest absolute Gasteiger partial charge is 0.444 e. The maximum Gasteiger partial charge on any atom is 0.412 e. The zero-order valence-electron chi connectivity index (χ0n) is 22.9. The van der Waals surface area contributed by atoms with Gasteiger partial charge in [-0.1, -0.05) is 11.6 Å². The summed E-state index contributed by atoms with van der Waals surface area (Å²) in [4.78, 5) is 24.8. The number of methoxy groups -OCH3 is 1.